The molecule has 1 aromatic carbocycles. The van der Waals surface area contributed by atoms with Crippen LogP contribution in [0.15, 0.2) is 24.4 Å². The van der Waals surface area contributed by atoms with E-state index >= 15 is 0 Å². The molecule has 1 fully saturated rings. The molecule has 0 amide bonds. The summed E-state index contributed by atoms with van der Waals surface area (Å²) in [6, 6.07) is 6.92. The molecule has 0 aliphatic carbocycles. The van der Waals surface area contributed by atoms with Gasteiger partial charge < -0.3 is 19.5 Å². The summed E-state index contributed by atoms with van der Waals surface area (Å²) in [5.41, 5.74) is 2.75. The number of benzene rings is 1. The van der Waals surface area contributed by atoms with E-state index in [1.807, 2.05) is 0 Å². The van der Waals surface area contributed by atoms with Crippen LogP contribution in [0.3, 0.4) is 0 Å². The van der Waals surface area contributed by atoms with Gasteiger partial charge in [-0.15, -0.1) is 0 Å². The van der Waals surface area contributed by atoms with Crippen molar-refractivity contribution in [3.05, 3.63) is 30.0 Å². The standard InChI is InChI=1S/C19H29N3O/c1-15(2)22-14-16(5-4-10-21-11-8-20-9-12-21)18-7-6-17(23-3)13-19(18)22/h6-7,13-15,20H,4-5,8-12H2,1-3H3. The molecule has 1 aliphatic heterocycles. The molecule has 2 aromatic rings. The lowest BCUT2D eigenvalue weighted by atomic mass is 10.1. The van der Waals surface area contributed by atoms with Crippen molar-refractivity contribution in [2.75, 3.05) is 39.8 Å². The molecular formula is C19H29N3O. The molecule has 2 heterocycles. The van der Waals surface area contributed by atoms with Crippen LogP contribution in [-0.4, -0.2) is 49.3 Å². The van der Waals surface area contributed by atoms with Gasteiger partial charge in [-0.3, -0.25) is 0 Å². The molecule has 1 aliphatic rings. The number of methoxy groups -OCH3 is 1. The fraction of sp³-hybridized carbons (Fsp3) is 0.579. The van der Waals surface area contributed by atoms with Crippen molar-refractivity contribution in [3.8, 4) is 5.75 Å². The third-order valence-corrected chi connectivity index (χ3v) is 4.81. The summed E-state index contributed by atoms with van der Waals surface area (Å²) in [6.45, 7) is 10.3. The van der Waals surface area contributed by atoms with Gasteiger partial charge in [0.05, 0.1) is 12.6 Å². The molecule has 0 radical (unpaired) electrons. The highest BCUT2D eigenvalue weighted by Gasteiger charge is 2.13. The van der Waals surface area contributed by atoms with E-state index in [1.54, 1.807) is 7.11 Å². The van der Waals surface area contributed by atoms with Gasteiger partial charge in [0.2, 0.25) is 0 Å². The van der Waals surface area contributed by atoms with Crippen LogP contribution >= 0.6 is 0 Å². The van der Waals surface area contributed by atoms with Gasteiger partial charge in [-0.1, -0.05) is 0 Å². The Labute approximate surface area is 139 Å². The van der Waals surface area contributed by atoms with Crippen molar-refractivity contribution in [2.45, 2.75) is 32.7 Å². The number of rotatable bonds is 6. The van der Waals surface area contributed by atoms with E-state index in [2.05, 4.69) is 53.0 Å². The molecule has 1 aromatic heterocycles. The summed E-state index contributed by atoms with van der Waals surface area (Å²) in [5, 5.41) is 4.79. The monoisotopic (exact) mass is 315 g/mol. The lowest BCUT2D eigenvalue weighted by molar-refractivity contribution is 0.238. The van der Waals surface area contributed by atoms with Crippen LogP contribution in [0, 0.1) is 0 Å². The predicted octanol–water partition coefficient (Wildman–Crippen LogP) is 3.07. The molecule has 1 N–H and O–H groups in total. The third-order valence-electron chi connectivity index (χ3n) is 4.81. The van der Waals surface area contributed by atoms with Crippen molar-refractivity contribution in [3.63, 3.8) is 0 Å². The minimum Gasteiger partial charge on any atom is -0.497 e. The first-order valence-corrected chi connectivity index (χ1v) is 8.79. The van der Waals surface area contributed by atoms with Crippen LogP contribution in [0.25, 0.3) is 10.9 Å². The second-order valence-electron chi connectivity index (χ2n) is 6.73. The normalized spacial score (nSPS) is 16.3. The molecule has 23 heavy (non-hydrogen) atoms. The zero-order chi connectivity index (χ0) is 16.2. The first kappa shape index (κ1) is 16.3. The minimum absolute atomic E-state index is 0.464. The lowest BCUT2D eigenvalue weighted by Crippen LogP contribution is -2.43. The van der Waals surface area contributed by atoms with E-state index in [1.165, 1.54) is 42.5 Å². The third kappa shape index (κ3) is 3.70. The van der Waals surface area contributed by atoms with Gasteiger partial charge >= 0.3 is 0 Å². The highest BCUT2D eigenvalue weighted by Crippen LogP contribution is 2.29. The number of piperazine rings is 1. The van der Waals surface area contributed by atoms with Gasteiger partial charge in [-0.2, -0.15) is 0 Å². The smallest absolute Gasteiger partial charge is 0.120 e. The molecule has 4 heteroatoms. The van der Waals surface area contributed by atoms with Crippen LogP contribution in [0.2, 0.25) is 0 Å². The Balaban J connectivity index is 1.74. The summed E-state index contributed by atoms with van der Waals surface area (Å²) in [4.78, 5) is 2.57. The van der Waals surface area contributed by atoms with Gasteiger partial charge in [0.25, 0.3) is 0 Å². The van der Waals surface area contributed by atoms with Crippen molar-refractivity contribution in [2.24, 2.45) is 0 Å². The molecule has 1 saturated heterocycles. The highest BCUT2D eigenvalue weighted by molar-refractivity contribution is 5.85. The SMILES string of the molecule is COc1ccc2c(CCCN3CCNCC3)cn(C(C)C)c2c1. The van der Waals surface area contributed by atoms with Gasteiger partial charge in [0, 0.05) is 49.9 Å². The molecule has 0 unspecified atom stereocenters. The van der Waals surface area contributed by atoms with Crippen LogP contribution < -0.4 is 10.1 Å². The Morgan fingerprint density at radius 1 is 1.22 bits per heavy atom. The van der Waals surface area contributed by atoms with E-state index in [9.17, 15) is 0 Å². The second-order valence-corrected chi connectivity index (χ2v) is 6.73. The van der Waals surface area contributed by atoms with Crippen molar-refractivity contribution in [1.29, 1.82) is 0 Å². The Kier molecular flexibility index (Phi) is 5.23. The molecule has 3 rings (SSSR count). The number of nitrogens with one attached hydrogen (secondary N) is 1. The Hall–Kier alpha value is -1.52. The maximum Gasteiger partial charge on any atom is 0.120 e. The van der Waals surface area contributed by atoms with Crippen molar-refractivity contribution >= 4 is 10.9 Å². The summed E-state index contributed by atoms with van der Waals surface area (Å²) in [6.07, 6.45) is 4.71. The fourth-order valence-corrected chi connectivity index (χ4v) is 3.48. The lowest BCUT2D eigenvalue weighted by Gasteiger charge is -2.26. The Bertz CT molecular complexity index is 641. The Morgan fingerprint density at radius 3 is 2.70 bits per heavy atom. The van der Waals surface area contributed by atoms with Crippen LogP contribution in [0.5, 0.6) is 5.75 Å². The highest BCUT2D eigenvalue weighted by atomic mass is 16.5. The maximum absolute atomic E-state index is 5.40. The van der Waals surface area contributed by atoms with E-state index in [0.29, 0.717) is 6.04 Å². The zero-order valence-electron chi connectivity index (χ0n) is 14.6. The van der Waals surface area contributed by atoms with E-state index in [0.717, 1.165) is 25.3 Å². The van der Waals surface area contributed by atoms with Crippen molar-refractivity contribution < 1.29 is 4.74 Å². The van der Waals surface area contributed by atoms with E-state index in [-0.39, 0.29) is 0 Å². The summed E-state index contributed by atoms with van der Waals surface area (Å²) >= 11 is 0. The first-order chi connectivity index (χ1) is 11.2. The molecule has 0 bridgehead atoms. The maximum atomic E-state index is 5.40. The molecule has 0 spiro atoms. The van der Waals surface area contributed by atoms with Gasteiger partial charge in [0.15, 0.2) is 0 Å². The summed E-state index contributed by atoms with van der Waals surface area (Å²) < 4.78 is 7.77. The zero-order valence-corrected chi connectivity index (χ0v) is 14.6. The largest absolute Gasteiger partial charge is 0.497 e. The molecular weight excluding hydrogens is 286 g/mol. The van der Waals surface area contributed by atoms with Gasteiger partial charge in [0.1, 0.15) is 5.75 Å². The molecule has 0 saturated carbocycles. The molecule has 4 nitrogen and oxygen atoms in total. The number of ether oxygens (including phenoxy) is 1. The number of aromatic nitrogens is 1. The van der Waals surface area contributed by atoms with E-state index in [4.69, 9.17) is 4.74 Å². The van der Waals surface area contributed by atoms with Crippen LogP contribution in [0.4, 0.5) is 0 Å². The topological polar surface area (TPSA) is 29.4 Å². The average Bonchev–Trinajstić information content (AvgIpc) is 2.94. The quantitative estimate of drug-likeness (QED) is 0.888. The van der Waals surface area contributed by atoms with Gasteiger partial charge in [-0.05, 0) is 50.9 Å². The predicted molar refractivity (Wildman–Crippen MR) is 96.5 cm³/mol. The van der Waals surface area contributed by atoms with Gasteiger partial charge in [-0.25, -0.2) is 0 Å². The van der Waals surface area contributed by atoms with E-state index < -0.39 is 0 Å². The summed E-state index contributed by atoms with van der Waals surface area (Å²) in [5.74, 6) is 0.935. The molecule has 0 atom stereocenters. The van der Waals surface area contributed by atoms with Crippen LogP contribution in [0.1, 0.15) is 31.9 Å². The second kappa shape index (κ2) is 7.37. The summed E-state index contributed by atoms with van der Waals surface area (Å²) in [7, 11) is 1.73. The number of nitrogens with zero attached hydrogens (tertiary/aromatic N) is 2. The molecule has 126 valence electrons. The number of fused-ring (bicyclic) bond motifs is 1. The number of hydrogen-bond acceptors (Lipinski definition) is 3. The average molecular weight is 315 g/mol. The minimum atomic E-state index is 0.464. The first-order valence-electron chi connectivity index (χ1n) is 8.79. The Morgan fingerprint density at radius 2 is 2.00 bits per heavy atom. The fourth-order valence-electron chi connectivity index (χ4n) is 3.48. The number of hydrogen-bond donors (Lipinski definition) is 1. The number of aryl methyl sites for hydroxylation is 1. The van der Waals surface area contributed by atoms with Crippen LogP contribution in [-0.2, 0) is 6.42 Å². The van der Waals surface area contributed by atoms with Crippen molar-refractivity contribution in [1.82, 2.24) is 14.8 Å².